The fourth-order valence-corrected chi connectivity index (χ4v) is 0.877. The lowest BCUT2D eigenvalue weighted by Crippen LogP contribution is -1.98. The van der Waals surface area contributed by atoms with Gasteiger partial charge in [0.1, 0.15) is 5.69 Å². The van der Waals surface area contributed by atoms with E-state index in [1.165, 1.54) is 6.92 Å². The summed E-state index contributed by atoms with van der Waals surface area (Å²) in [6.07, 6.45) is 3.23. The summed E-state index contributed by atoms with van der Waals surface area (Å²) in [6.45, 7) is 5.08. The average Bonchev–Trinajstić information content (AvgIpc) is 2.04. The molecular formula is C9H9NO. The number of carbonyl (C=O) groups excluding carboxylic acids is 1. The van der Waals surface area contributed by atoms with Crippen molar-refractivity contribution in [2.75, 3.05) is 0 Å². The lowest BCUT2D eigenvalue weighted by atomic mass is 10.1. The maximum atomic E-state index is 10.9. The van der Waals surface area contributed by atoms with Gasteiger partial charge < -0.3 is 0 Å². The fourth-order valence-electron chi connectivity index (χ4n) is 0.877. The number of rotatable bonds is 2. The number of pyridine rings is 1. The number of ketones is 1. The van der Waals surface area contributed by atoms with Crippen LogP contribution in [0.15, 0.2) is 24.9 Å². The lowest BCUT2D eigenvalue weighted by Gasteiger charge is -1.97. The first-order chi connectivity index (χ1) is 5.25. The molecule has 0 bridgehead atoms. The van der Waals surface area contributed by atoms with E-state index in [4.69, 9.17) is 0 Å². The van der Waals surface area contributed by atoms with E-state index in [2.05, 4.69) is 11.6 Å². The van der Waals surface area contributed by atoms with Gasteiger partial charge in [-0.3, -0.25) is 9.78 Å². The second-order valence-electron chi connectivity index (χ2n) is 2.20. The zero-order valence-corrected chi connectivity index (χ0v) is 6.37. The molecule has 2 heteroatoms. The molecular weight excluding hydrogens is 138 g/mol. The van der Waals surface area contributed by atoms with E-state index in [1.54, 1.807) is 18.3 Å². The van der Waals surface area contributed by atoms with E-state index in [-0.39, 0.29) is 5.78 Å². The van der Waals surface area contributed by atoms with E-state index in [1.807, 2.05) is 6.07 Å². The quantitative estimate of drug-likeness (QED) is 0.598. The van der Waals surface area contributed by atoms with Gasteiger partial charge in [-0.2, -0.15) is 0 Å². The standard InChI is InChI=1S/C9H9NO/c1-3-8-5-4-6-10-9(8)7(2)11/h3-6H,1H2,2H3. The Balaban J connectivity index is 3.22. The van der Waals surface area contributed by atoms with Crippen LogP contribution in [-0.2, 0) is 0 Å². The molecule has 2 nitrogen and oxygen atoms in total. The third-order valence-corrected chi connectivity index (χ3v) is 1.39. The summed E-state index contributed by atoms with van der Waals surface area (Å²) in [6, 6.07) is 3.60. The maximum Gasteiger partial charge on any atom is 0.178 e. The predicted octanol–water partition coefficient (Wildman–Crippen LogP) is 1.93. The highest BCUT2D eigenvalue weighted by atomic mass is 16.1. The minimum Gasteiger partial charge on any atom is -0.293 e. The Morgan fingerprint density at radius 1 is 1.73 bits per heavy atom. The third kappa shape index (κ3) is 1.52. The summed E-state index contributed by atoms with van der Waals surface area (Å²) in [5.74, 6) is -0.0273. The second-order valence-corrected chi connectivity index (χ2v) is 2.20. The Morgan fingerprint density at radius 2 is 2.45 bits per heavy atom. The Kier molecular flexibility index (Phi) is 2.16. The molecule has 1 rings (SSSR count). The average molecular weight is 147 g/mol. The zero-order valence-electron chi connectivity index (χ0n) is 6.37. The van der Waals surface area contributed by atoms with Gasteiger partial charge in [-0.1, -0.05) is 18.7 Å². The molecule has 0 saturated heterocycles. The Hall–Kier alpha value is -1.44. The summed E-state index contributed by atoms with van der Waals surface area (Å²) in [5, 5.41) is 0. The van der Waals surface area contributed by atoms with Crippen LogP contribution in [0.4, 0.5) is 0 Å². The van der Waals surface area contributed by atoms with E-state index in [0.29, 0.717) is 5.69 Å². The van der Waals surface area contributed by atoms with Crippen LogP contribution in [0.3, 0.4) is 0 Å². The summed E-state index contributed by atoms with van der Waals surface area (Å²) < 4.78 is 0. The van der Waals surface area contributed by atoms with Gasteiger partial charge in [-0.15, -0.1) is 0 Å². The van der Waals surface area contributed by atoms with Gasteiger partial charge in [0.15, 0.2) is 5.78 Å². The largest absolute Gasteiger partial charge is 0.293 e. The minimum atomic E-state index is -0.0273. The first-order valence-corrected chi connectivity index (χ1v) is 3.34. The molecule has 0 aliphatic rings. The highest BCUT2D eigenvalue weighted by molar-refractivity contribution is 5.95. The Labute approximate surface area is 65.6 Å². The van der Waals surface area contributed by atoms with Crippen molar-refractivity contribution in [3.05, 3.63) is 36.2 Å². The number of hydrogen-bond acceptors (Lipinski definition) is 2. The smallest absolute Gasteiger partial charge is 0.178 e. The van der Waals surface area contributed by atoms with Gasteiger partial charge in [-0.05, 0) is 6.07 Å². The molecule has 0 aliphatic carbocycles. The topological polar surface area (TPSA) is 30.0 Å². The van der Waals surface area contributed by atoms with Crippen LogP contribution in [-0.4, -0.2) is 10.8 Å². The van der Waals surface area contributed by atoms with Crippen molar-refractivity contribution < 1.29 is 4.79 Å². The first kappa shape index (κ1) is 7.66. The van der Waals surface area contributed by atoms with Crippen molar-refractivity contribution in [1.82, 2.24) is 4.98 Å². The maximum absolute atomic E-state index is 10.9. The molecule has 0 fully saturated rings. The number of Topliss-reactive ketones (excluding diaryl/α,β-unsaturated/α-hetero) is 1. The number of hydrogen-bond donors (Lipinski definition) is 0. The molecule has 1 aromatic rings. The van der Waals surface area contributed by atoms with Crippen LogP contribution in [0.1, 0.15) is 23.0 Å². The van der Waals surface area contributed by atoms with Crippen LogP contribution >= 0.6 is 0 Å². The molecule has 1 heterocycles. The molecule has 0 aliphatic heterocycles. The molecule has 1 aromatic heterocycles. The Morgan fingerprint density at radius 3 is 2.91 bits per heavy atom. The highest BCUT2D eigenvalue weighted by Crippen LogP contribution is 2.06. The van der Waals surface area contributed by atoms with E-state index >= 15 is 0 Å². The summed E-state index contributed by atoms with van der Waals surface area (Å²) in [7, 11) is 0. The molecule has 0 radical (unpaired) electrons. The van der Waals surface area contributed by atoms with Crippen molar-refractivity contribution in [2.45, 2.75) is 6.92 Å². The summed E-state index contributed by atoms with van der Waals surface area (Å²) >= 11 is 0. The molecule has 0 unspecified atom stereocenters. The zero-order chi connectivity index (χ0) is 8.27. The predicted molar refractivity (Wildman–Crippen MR) is 44.3 cm³/mol. The number of nitrogens with zero attached hydrogens (tertiary/aromatic N) is 1. The van der Waals surface area contributed by atoms with Crippen LogP contribution in [0.25, 0.3) is 6.08 Å². The lowest BCUT2D eigenvalue weighted by molar-refractivity contribution is 0.101. The summed E-state index contributed by atoms with van der Waals surface area (Å²) in [5.41, 5.74) is 1.28. The first-order valence-electron chi connectivity index (χ1n) is 3.34. The molecule has 0 amide bonds. The summed E-state index contributed by atoms with van der Waals surface area (Å²) in [4.78, 5) is 14.8. The van der Waals surface area contributed by atoms with Crippen LogP contribution in [0.2, 0.25) is 0 Å². The van der Waals surface area contributed by atoms with E-state index < -0.39 is 0 Å². The van der Waals surface area contributed by atoms with E-state index in [0.717, 1.165) is 5.56 Å². The molecule has 0 spiro atoms. The normalized spacial score (nSPS) is 9.18. The van der Waals surface area contributed by atoms with Gasteiger partial charge in [0, 0.05) is 18.7 Å². The second kappa shape index (κ2) is 3.10. The Bertz CT molecular complexity index is 291. The monoisotopic (exact) mass is 147 g/mol. The molecule has 56 valence electrons. The molecule has 0 atom stereocenters. The van der Waals surface area contributed by atoms with Crippen molar-refractivity contribution in [3.63, 3.8) is 0 Å². The molecule has 0 N–H and O–H groups in total. The van der Waals surface area contributed by atoms with Gasteiger partial charge in [0.05, 0.1) is 0 Å². The van der Waals surface area contributed by atoms with Crippen molar-refractivity contribution in [3.8, 4) is 0 Å². The van der Waals surface area contributed by atoms with Gasteiger partial charge in [-0.25, -0.2) is 0 Å². The van der Waals surface area contributed by atoms with Crippen LogP contribution in [0.5, 0.6) is 0 Å². The minimum absolute atomic E-state index is 0.0273. The third-order valence-electron chi connectivity index (χ3n) is 1.39. The van der Waals surface area contributed by atoms with E-state index in [9.17, 15) is 4.79 Å². The molecule has 0 aromatic carbocycles. The molecule has 0 saturated carbocycles. The number of carbonyl (C=O) groups is 1. The SMILES string of the molecule is C=Cc1cccnc1C(C)=O. The molecule has 11 heavy (non-hydrogen) atoms. The van der Waals surface area contributed by atoms with Gasteiger partial charge >= 0.3 is 0 Å². The van der Waals surface area contributed by atoms with Gasteiger partial charge in [0.2, 0.25) is 0 Å². The van der Waals surface area contributed by atoms with Gasteiger partial charge in [0.25, 0.3) is 0 Å². The van der Waals surface area contributed by atoms with Crippen LogP contribution < -0.4 is 0 Å². The number of aromatic nitrogens is 1. The highest BCUT2D eigenvalue weighted by Gasteiger charge is 2.03. The fraction of sp³-hybridized carbons (Fsp3) is 0.111. The van der Waals surface area contributed by atoms with Crippen molar-refractivity contribution in [2.24, 2.45) is 0 Å². The van der Waals surface area contributed by atoms with Crippen molar-refractivity contribution in [1.29, 1.82) is 0 Å². The van der Waals surface area contributed by atoms with Crippen LogP contribution in [0, 0.1) is 0 Å². The van der Waals surface area contributed by atoms with Crippen molar-refractivity contribution >= 4 is 11.9 Å².